The Morgan fingerprint density at radius 1 is 1.13 bits per heavy atom. The molecule has 2 aliphatic heterocycles. The Morgan fingerprint density at radius 3 is 2.42 bits per heavy atom. The molecule has 2 atom stereocenters. The normalized spacial score (nSPS) is 21.9. The quantitative estimate of drug-likeness (QED) is 0.306. The van der Waals surface area contributed by atoms with E-state index in [0.29, 0.717) is 17.7 Å². The predicted molar refractivity (Wildman–Crippen MR) is 132 cm³/mol. The Kier molecular flexibility index (Phi) is 6.96. The Labute approximate surface area is 220 Å². The van der Waals surface area contributed by atoms with Gasteiger partial charge in [-0.05, 0) is 59.1 Å². The van der Waals surface area contributed by atoms with Gasteiger partial charge in [0.25, 0.3) is 17.7 Å². The lowest BCUT2D eigenvalue weighted by Gasteiger charge is -2.38. The first-order valence-corrected chi connectivity index (χ1v) is 12.4. The van der Waals surface area contributed by atoms with Gasteiger partial charge in [-0.2, -0.15) is 4.90 Å². The third kappa shape index (κ3) is 5.08. The molecule has 1 aromatic carbocycles. The number of fused-ring (bicyclic) bond motifs is 1. The van der Waals surface area contributed by atoms with E-state index in [1.807, 2.05) is 0 Å². The van der Waals surface area contributed by atoms with Crippen LogP contribution in [0, 0.1) is 5.41 Å². The molecule has 0 aromatic heterocycles. The van der Waals surface area contributed by atoms with Crippen LogP contribution in [0.25, 0.3) is 0 Å². The Hall–Kier alpha value is -3.57. The molecule has 1 saturated heterocycles. The molecule has 11 nitrogen and oxygen atoms in total. The zero-order valence-electron chi connectivity index (χ0n) is 21.9. The SMILES string of the molecule is C=CC(C)(O)COCCOc1cccc2c1C(=O)N(C1CC3(CC3)C(=O)N(C(=O)OC(C)(C)C)C1=O)C2=O. The number of ether oxygens (including phenoxy) is 3. The van der Waals surface area contributed by atoms with Crippen molar-refractivity contribution >= 4 is 29.7 Å². The molecule has 11 heteroatoms. The topological polar surface area (TPSA) is 140 Å². The maximum Gasteiger partial charge on any atom is 0.424 e. The lowest BCUT2D eigenvalue weighted by atomic mass is 9.89. The van der Waals surface area contributed by atoms with Crippen molar-refractivity contribution in [1.29, 1.82) is 0 Å². The molecule has 204 valence electrons. The van der Waals surface area contributed by atoms with Crippen LogP contribution >= 0.6 is 0 Å². The summed E-state index contributed by atoms with van der Waals surface area (Å²) in [5.74, 6) is -2.96. The van der Waals surface area contributed by atoms with E-state index in [9.17, 15) is 29.1 Å². The molecule has 0 bridgehead atoms. The Balaban J connectivity index is 1.54. The van der Waals surface area contributed by atoms with Crippen molar-refractivity contribution in [2.24, 2.45) is 5.41 Å². The Morgan fingerprint density at radius 2 is 1.82 bits per heavy atom. The lowest BCUT2D eigenvalue weighted by Crippen LogP contribution is -2.61. The summed E-state index contributed by atoms with van der Waals surface area (Å²) in [5.41, 5.74) is -3.10. The highest BCUT2D eigenvalue weighted by Gasteiger charge is 2.63. The fraction of sp³-hybridized carbons (Fsp3) is 0.519. The van der Waals surface area contributed by atoms with Gasteiger partial charge < -0.3 is 19.3 Å². The number of carbonyl (C=O) groups excluding carboxylic acids is 5. The van der Waals surface area contributed by atoms with Crippen LogP contribution in [0.1, 0.15) is 67.7 Å². The summed E-state index contributed by atoms with van der Waals surface area (Å²) in [4.78, 5) is 67.5. The van der Waals surface area contributed by atoms with E-state index in [0.717, 1.165) is 4.90 Å². The fourth-order valence-corrected chi connectivity index (χ4v) is 4.51. The van der Waals surface area contributed by atoms with Crippen LogP contribution in [0.2, 0.25) is 0 Å². The van der Waals surface area contributed by atoms with Gasteiger partial charge in [-0.1, -0.05) is 12.1 Å². The first-order chi connectivity index (χ1) is 17.7. The average molecular weight is 529 g/mol. The molecule has 5 amide bonds. The average Bonchev–Trinajstić information content (AvgIpc) is 3.56. The molecule has 0 radical (unpaired) electrons. The summed E-state index contributed by atoms with van der Waals surface area (Å²) in [6, 6.07) is 3.19. The van der Waals surface area contributed by atoms with E-state index in [4.69, 9.17) is 14.2 Å². The van der Waals surface area contributed by atoms with Gasteiger partial charge in [0, 0.05) is 0 Å². The van der Waals surface area contributed by atoms with Crippen molar-refractivity contribution in [3.05, 3.63) is 42.0 Å². The maximum atomic E-state index is 13.5. The van der Waals surface area contributed by atoms with Gasteiger partial charge in [0.15, 0.2) is 0 Å². The van der Waals surface area contributed by atoms with Crippen molar-refractivity contribution in [1.82, 2.24) is 9.80 Å². The van der Waals surface area contributed by atoms with Gasteiger partial charge in [-0.25, -0.2) is 4.79 Å². The summed E-state index contributed by atoms with van der Waals surface area (Å²) in [6.45, 7) is 9.99. The number of nitrogens with zero attached hydrogens (tertiary/aromatic N) is 2. The largest absolute Gasteiger partial charge is 0.490 e. The highest BCUT2D eigenvalue weighted by atomic mass is 16.6. The molecular weight excluding hydrogens is 496 g/mol. The van der Waals surface area contributed by atoms with Crippen molar-refractivity contribution in [3.8, 4) is 5.75 Å². The number of piperidine rings is 1. The number of hydrogen-bond donors (Lipinski definition) is 1. The van der Waals surface area contributed by atoms with E-state index in [1.165, 1.54) is 18.2 Å². The van der Waals surface area contributed by atoms with Gasteiger partial charge in [0.1, 0.15) is 29.6 Å². The van der Waals surface area contributed by atoms with E-state index < -0.39 is 52.4 Å². The minimum Gasteiger partial charge on any atom is -0.490 e. The van der Waals surface area contributed by atoms with E-state index in [-0.39, 0.29) is 43.1 Å². The van der Waals surface area contributed by atoms with Crippen LogP contribution in [0.4, 0.5) is 4.79 Å². The van der Waals surface area contributed by atoms with Crippen molar-refractivity contribution in [2.45, 2.75) is 64.2 Å². The Bertz CT molecular complexity index is 1210. The summed E-state index contributed by atoms with van der Waals surface area (Å²) in [7, 11) is 0. The molecule has 2 fully saturated rings. The van der Waals surface area contributed by atoms with Crippen LogP contribution in [-0.2, 0) is 19.1 Å². The van der Waals surface area contributed by atoms with E-state index in [1.54, 1.807) is 33.8 Å². The molecule has 1 saturated carbocycles. The first kappa shape index (κ1) is 27.5. The monoisotopic (exact) mass is 528 g/mol. The minimum absolute atomic E-state index is 0.00361. The fourth-order valence-electron chi connectivity index (χ4n) is 4.51. The number of aliphatic hydroxyl groups is 1. The van der Waals surface area contributed by atoms with Gasteiger partial charge in [-0.3, -0.25) is 24.1 Å². The summed E-state index contributed by atoms with van der Waals surface area (Å²) in [5, 5.41) is 9.92. The first-order valence-electron chi connectivity index (χ1n) is 12.4. The molecular formula is C27H32N2O9. The molecule has 38 heavy (non-hydrogen) atoms. The molecule has 2 heterocycles. The smallest absolute Gasteiger partial charge is 0.424 e. The van der Waals surface area contributed by atoms with Crippen LogP contribution in [-0.4, -0.2) is 81.7 Å². The van der Waals surface area contributed by atoms with Gasteiger partial charge in [0.2, 0.25) is 5.91 Å². The minimum atomic E-state index is -1.34. The highest BCUT2D eigenvalue weighted by Crippen LogP contribution is 2.54. The summed E-state index contributed by atoms with van der Waals surface area (Å²) >= 11 is 0. The molecule has 3 aliphatic rings. The number of amides is 5. The van der Waals surface area contributed by atoms with Crippen LogP contribution in [0.5, 0.6) is 5.75 Å². The van der Waals surface area contributed by atoms with Crippen molar-refractivity contribution < 1.29 is 43.3 Å². The lowest BCUT2D eigenvalue weighted by molar-refractivity contribution is -0.155. The highest BCUT2D eigenvalue weighted by molar-refractivity contribution is 6.25. The predicted octanol–water partition coefficient (Wildman–Crippen LogP) is 2.46. The van der Waals surface area contributed by atoms with E-state index in [2.05, 4.69) is 6.58 Å². The third-order valence-electron chi connectivity index (χ3n) is 6.71. The molecule has 4 rings (SSSR count). The number of hydrogen-bond acceptors (Lipinski definition) is 9. The second-order valence-electron chi connectivity index (χ2n) is 11.1. The maximum absolute atomic E-state index is 13.5. The summed E-state index contributed by atoms with van der Waals surface area (Å²) < 4.78 is 16.4. The van der Waals surface area contributed by atoms with Crippen LogP contribution in [0.15, 0.2) is 30.9 Å². The van der Waals surface area contributed by atoms with E-state index >= 15 is 0 Å². The van der Waals surface area contributed by atoms with Crippen molar-refractivity contribution in [3.63, 3.8) is 0 Å². The van der Waals surface area contributed by atoms with Gasteiger partial charge >= 0.3 is 6.09 Å². The molecule has 1 spiro atoms. The molecule has 1 aliphatic carbocycles. The van der Waals surface area contributed by atoms with Crippen LogP contribution < -0.4 is 4.74 Å². The van der Waals surface area contributed by atoms with Crippen molar-refractivity contribution in [2.75, 3.05) is 19.8 Å². The molecule has 1 N–H and O–H groups in total. The third-order valence-corrected chi connectivity index (χ3v) is 6.71. The number of carbonyl (C=O) groups is 5. The zero-order valence-corrected chi connectivity index (χ0v) is 21.9. The molecule has 2 unspecified atom stereocenters. The van der Waals surface area contributed by atoms with Gasteiger partial charge in [0.05, 0.1) is 29.8 Å². The molecule has 1 aromatic rings. The van der Waals surface area contributed by atoms with Gasteiger partial charge in [-0.15, -0.1) is 6.58 Å². The summed E-state index contributed by atoms with van der Waals surface area (Å²) in [6.07, 6.45) is 1.05. The number of imide groups is 4. The second-order valence-corrected chi connectivity index (χ2v) is 11.1. The number of rotatable bonds is 8. The second kappa shape index (κ2) is 9.63. The standard InChI is InChI=1S/C27H32N2O9/c1-6-26(5,35)15-36-12-13-37-18-9-7-8-16-19(18)22(32)28(20(16)30)17-14-27(10-11-27)23(33)29(21(17)31)24(34)38-25(2,3)4/h6-9,17,35H,1,10-15H2,2-5H3. The number of benzene rings is 1. The number of likely N-dealkylation sites (tertiary alicyclic amines) is 1. The van der Waals surface area contributed by atoms with Crippen LogP contribution in [0.3, 0.4) is 0 Å². The zero-order chi connectivity index (χ0) is 28.0.